The third-order valence-electron chi connectivity index (χ3n) is 5.08. The molecule has 0 aromatic heterocycles. The summed E-state index contributed by atoms with van der Waals surface area (Å²) in [5, 5.41) is 13.8. The quantitative estimate of drug-likeness (QED) is 0.809. The van der Waals surface area contributed by atoms with E-state index in [4.69, 9.17) is 4.74 Å². The van der Waals surface area contributed by atoms with E-state index in [0.717, 1.165) is 12.2 Å². The predicted molar refractivity (Wildman–Crippen MR) is 101 cm³/mol. The minimum Gasteiger partial charge on any atom is -0.490 e. The minimum absolute atomic E-state index is 0.372. The predicted octanol–water partition coefficient (Wildman–Crippen LogP) is 4.17. The number of fused-ring (bicyclic) bond motifs is 1. The third-order valence-corrected chi connectivity index (χ3v) is 6.32. The fraction of sp³-hybridized carbons (Fsp3) is 0.700. The van der Waals surface area contributed by atoms with Crippen LogP contribution in [0.5, 0.6) is 5.75 Å². The van der Waals surface area contributed by atoms with Crippen LogP contribution >= 0.6 is 11.8 Å². The molecular weight excluding hydrogens is 318 g/mol. The molecule has 1 aromatic carbocycles. The Labute approximate surface area is 150 Å². The van der Waals surface area contributed by atoms with E-state index in [-0.39, 0.29) is 0 Å². The van der Waals surface area contributed by atoms with Crippen LogP contribution < -0.4 is 10.1 Å². The number of thioether (sulfide) groups is 1. The molecular formula is C20H31NO2S. The van der Waals surface area contributed by atoms with Gasteiger partial charge in [0.2, 0.25) is 0 Å². The Kier molecular flexibility index (Phi) is 7.30. The lowest BCUT2D eigenvalue weighted by atomic mass is 9.96. The van der Waals surface area contributed by atoms with E-state index in [1.165, 1.54) is 67.6 Å². The highest BCUT2D eigenvalue weighted by Crippen LogP contribution is 2.37. The molecule has 0 radical (unpaired) electrons. The van der Waals surface area contributed by atoms with Gasteiger partial charge in [-0.1, -0.05) is 44.2 Å². The van der Waals surface area contributed by atoms with Gasteiger partial charge in [-0.25, -0.2) is 0 Å². The Hall–Kier alpha value is -0.710. The molecule has 1 aromatic rings. The summed E-state index contributed by atoms with van der Waals surface area (Å²) in [6.45, 7) is 1.00. The van der Waals surface area contributed by atoms with Gasteiger partial charge in [0.25, 0.3) is 0 Å². The number of rotatable bonds is 6. The lowest BCUT2D eigenvalue weighted by Gasteiger charge is -2.23. The van der Waals surface area contributed by atoms with Gasteiger partial charge in [-0.3, -0.25) is 0 Å². The van der Waals surface area contributed by atoms with Crippen LogP contribution in [0.4, 0.5) is 0 Å². The van der Waals surface area contributed by atoms with Gasteiger partial charge in [0.1, 0.15) is 18.5 Å². The van der Waals surface area contributed by atoms with Crippen LogP contribution in [-0.2, 0) is 6.42 Å². The standard InChI is InChI=1S/C20H31NO2S/c22-18(14-21-17-10-4-2-1-3-5-11-17)15-23-19-12-6-8-16-9-7-13-24-20(16)19/h6,8,12,17-18,21-22H,1-5,7,9-11,13-15H2. The summed E-state index contributed by atoms with van der Waals surface area (Å²) in [7, 11) is 0. The van der Waals surface area contributed by atoms with Crippen LogP contribution in [0, 0.1) is 0 Å². The van der Waals surface area contributed by atoms with Gasteiger partial charge in [0, 0.05) is 12.6 Å². The van der Waals surface area contributed by atoms with Gasteiger partial charge in [0.05, 0.1) is 4.90 Å². The van der Waals surface area contributed by atoms with Crippen LogP contribution in [0.3, 0.4) is 0 Å². The maximum atomic E-state index is 10.3. The molecule has 3 rings (SSSR count). The zero-order chi connectivity index (χ0) is 16.6. The Morgan fingerprint density at radius 2 is 1.92 bits per heavy atom. The van der Waals surface area contributed by atoms with Gasteiger partial charge in [0.15, 0.2) is 0 Å². The van der Waals surface area contributed by atoms with Crippen molar-refractivity contribution in [1.29, 1.82) is 0 Å². The molecule has 1 atom stereocenters. The van der Waals surface area contributed by atoms with Crippen molar-refractivity contribution >= 4 is 11.8 Å². The van der Waals surface area contributed by atoms with Gasteiger partial charge < -0.3 is 15.2 Å². The molecule has 0 saturated heterocycles. The first-order chi connectivity index (χ1) is 11.8. The second kappa shape index (κ2) is 9.69. The fourth-order valence-corrected chi connectivity index (χ4v) is 4.80. The first-order valence-electron chi connectivity index (χ1n) is 9.62. The monoisotopic (exact) mass is 349 g/mol. The summed E-state index contributed by atoms with van der Waals surface area (Å²) >= 11 is 1.89. The van der Waals surface area contributed by atoms with Crippen molar-refractivity contribution in [1.82, 2.24) is 5.32 Å². The Morgan fingerprint density at radius 3 is 2.75 bits per heavy atom. The lowest BCUT2D eigenvalue weighted by Crippen LogP contribution is -2.38. The van der Waals surface area contributed by atoms with Crippen molar-refractivity contribution in [2.24, 2.45) is 0 Å². The van der Waals surface area contributed by atoms with E-state index in [2.05, 4.69) is 17.4 Å². The van der Waals surface area contributed by atoms with Crippen molar-refractivity contribution in [3.63, 3.8) is 0 Å². The first kappa shape index (κ1) is 18.1. The zero-order valence-corrected chi connectivity index (χ0v) is 15.5. The Morgan fingerprint density at radius 1 is 1.12 bits per heavy atom. The largest absolute Gasteiger partial charge is 0.490 e. The first-order valence-corrected chi connectivity index (χ1v) is 10.6. The number of hydrogen-bond donors (Lipinski definition) is 2. The molecule has 24 heavy (non-hydrogen) atoms. The summed E-state index contributed by atoms with van der Waals surface area (Å²) in [6.07, 6.45) is 11.2. The van der Waals surface area contributed by atoms with Crippen LogP contribution in [0.15, 0.2) is 23.1 Å². The van der Waals surface area contributed by atoms with Gasteiger partial charge >= 0.3 is 0 Å². The third kappa shape index (κ3) is 5.40. The highest BCUT2D eigenvalue weighted by molar-refractivity contribution is 7.99. The molecule has 1 fully saturated rings. The summed E-state index contributed by atoms with van der Waals surface area (Å²) in [5.74, 6) is 2.11. The molecule has 1 unspecified atom stereocenters. The average Bonchev–Trinajstić information content (AvgIpc) is 2.59. The summed E-state index contributed by atoms with van der Waals surface area (Å²) in [4.78, 5) is 1.28. The zero-order valence-electron chi connectivity index (χ0n) is 14.6. The molecule has 1 aliphatic heterocycles. The van der Waals surface area contributed by atoms with Gasteiger partial charge in [-0.2, -0.15) is 0 Å². The van der Waals surface area contributed by atoms with Crippen molar-refractivity contribution < 1.29 is 9.84 Å². The fourth-order valence-electron chi connectivity index (χ4n) is 3.68. The number of hydrogen-bond acceptors (Lipinski definition) is 4. The number of aliphatic hydroxyl groups is 1. The number of ether oxygens (including phenoxy) is 1. The minimum atomic E-state index is -0.445. The molecule has 4 heteroatoms. The van der Waals surface area contributed by atoms with E-state index in [9.17, 15) is 5.11 Å². The smallest absolute Gasteiger partial charge is 0.133 e. The SMILES string of the molecule is OC(CNC1CCCCCCC1)COc1cccc2c1SCCC2. The number of aliphatic hydroxyl groups excluding tert-OH is 1. The molecule has 0 bridgehead atoms. The molecule has 0 amide bonds. The molecule has 0 spiro atoms. The summed E-state index contributed by atoms with van der Waals surface area (Å²) in [5.41, 5.74) is 1.39. The molecule has 1 saturated carbocycles. The van der Waals surface area contributed by atoms with E-state index in [1.54, 1.807) is 0 Å². The molecule has 134 valence electrons. The van der Waals surface area contributed by atoms with E-state index in [0.29, 0.717) is 19.2 Å². The highest BCUT2D eigenvalue weighted by Gasteiger charge is 2.16. The molecule has 1 heterocycles. The molecule has 1 aliphatic carbocycles. The van der Waals surface area contributed by atoms with E-state index >= 15 is 0 Å². The number of aryl methyl sites for hydroxylation is 1. The summed E-state index contributed by atoms with van der Waals surface area (Å²) in [6, 6.07) is 6.87. The Bertz CT molecular complexity index is 500. The van der Waals surface area contributed by atoms with Crippen LogP contribution in [0.2, 0.25) is 0 Å². The number of benzene rings is 1. The second-order valence-corrected chi connectivity index (χ2v) is 8.22. The van der Waals surface area contributed by atoms with Crippen molar-refractivity contribution in [3.8, 4) is 5.75 Å². The average molecular weight is 350 g/mol. The maximum Gasteiger partial charge on any atom is 0.133 e. The maximum absolute atomic E-state index is 10.3. The summed E-state index contributed by atoms with van der Waals surface area (Å²) < 4.78 is 5.94. The van der Waals surface area contributed by atoms with Crippen molar-refractivity contribution in [2.75, 3.05) is 18.9 Å². The van der Waals surface area contributed by atoms with Crippen LogP contribution in [-0.4, -0.2) is 36.2 Å². The van der Waals surface area contributed by atoms with E-state index < -0.39 is 6.10 Å². The van der Waals surface area contributed by atoms with Crippen molar-refractivity contribution in [3.05, 3.63) is 23.8 Å². The number of nitrogens with one attached hydrogen (secondary N) is 1. The van der Waals surface area contributed by atoms with Gasteiger partial charge in [-0.05, 0) is 43.1 Å². The Balaban J connectivity index is 1.43. The topological polar surface area (TPSA) is 41.5 Å². The molecule has 2 aliphatic rings. The van der Waals surface area contributed by atoms with Crippen molar-refractivity contribution in [2.45, 2.75) is 74.8 Å². The molecule has 2 N–H and O–H groups in total. The molecule has 3 nitrogen and oxygen atoms in total. The van der Waals surface area contributed by atoms with E-state index in [1.807, 2.05) is 17.8 Å². The lowest BCUT2D eigenvalue weighted by molar-refractivity contribution is 0.101. The highest BCUT2D eigenvalue weighted by atomic mass is 32.2. The normalized spacial score (nSPS) is 20.7. The second-order valence-electron chi connectivity index (χ2n) is 7.11. The van der Waals surface area contributed by atoms with Crippen LogP contribution in [0.1, 0.15) is 56.9 Å². The van der Waals surface area contributed by atoms with Gasteiger partial charge in [-0.15, -0.1) is 11.8 Å². The van der Waals surface area contributed by atoms with Crippen LogP contribution in [0.25, 0.3) is 0 Å².